The molecular formula is C24H19Cl2FN2O5. The number of hydrogen-bond donors (Lipinski definition) is 2. The van der Waals surface area contributed by atoms with Gasteiger partial charge in [0.2, 0.25) is 5.91 Å². The van der Waals surface area contributed by atoms with Crippen molar-refractivity contribution in [3.63, 3.8) is 0 Å². The number of ether oxygens (including phenoxy) is 2. The van der Waals surface area contributed by atoms with E-state index in [0.717, 1.165) is 0 Å². The lowest BCUT2D eigenvalue weighted by Gasteiger charge is -2.09. The normalized spacial score (nSPS) is 10.3. The number of rotatable bonds is 9. The maximum Gasteiger partial charge on any atom is 0.306 e. The fraction of sp³-hybridized carbons (Fsp3) is 0.125. The molecule has 2 amide bonds. The third-order valence-electron chi connectivity index (χ3n) is 4.31. The average Bonchev–Trinajstić information content (AvgIpc) is 2.81. The van der Waals surface area contributed by atoms with E-state index < -0.39 is 30.2 Å². The van der Waals surface area contributed by atoms with E-state index in [1.165, 1.54) is 24.3 Å². The second kappa shape index (κ2) is 12.0. The Labute approximate surface area is 204 Å². The number of amides is 2. The first kappa shape index (κ1) is 25.0. The summed E-state index contributed by atoms with van der Waals surface area (Å²) in [6.45, 7) is -0.517. The first-order valence-corrected chi connectivity index (χ1v) is 10.8. The van der Waals surface area contributed by atoms with Gasteiger partial charge in [0.05, 0.1) is 11.4 Å². The lowest BCUT2D eigenvalue weighted by Crippen LogP contribution is -2.21. The molecule has 2 N–H and O–H groups in total. The van der Waals surface area contributed by atoms with Crippen molar-refractivity contribution < 1.29 is 28.2 Å². The molecule has 0 aliphatic rings. The van der Waals surface area contributed by atoms with Gasteiger partial charge in [0.1, 0.15) is 17.3 Å². The monoisotopic (exact) mass is 504 g/mol. The van der Waals surface area contributed by atoms with Crippen LogP contribution in [0.25, 0.3) is 0 Å². The van der Waals surface area contributed by atoms with E-state index in [1.54, 1.807) is 42.5 Å². The summed E-state index contributed by atoms with van der Waals surface area (Å²) in [5.74, 6) is -1.17. The number of anilines is 2. The highest BCUT2D eigenvalue weighted by molar-refractivity contribution is 6.35. The van der Waals surface area contributed by atoms with Gasteiger partial charge in [-0.15, -0.1) is 0 Å². The zero-order valence-corrected chi connectivity index (χ0v) is 19.2. The lowest BCUT2D eigenvalue weighted by atomic mass is 10.2. The van der Waals surface area contributed by atoms with Crippen LogP contribution in [-0.4, -0.2) is 24.4 Å². The van der Waals surface area contributed by atoms with Crippen molar-refractivity contribution in [2.45, 2.75) is 12.8 Å². The first-order valence-electron chi connectivity index (χ1n) is 10.0. The summed E-state index contributed by atoms with van der Waals surface area (Å²) in [6, 6.07) is 16.6. The van der Waals surface area contributed by atoms with E-state index in [-0.39, 0.29) is 12.8 Å². The molecule has 7 nitrogen and oxygen atoms in total. The summed E-state index contributed by atoms with van der Waals surface area (Å²) in [6.07, 6.45) is -0.330. The van der Waals surface area contributed by atoms with Crippen molar-refractivity contribution in [1.29, 1.82) is 0 Å². The van der Waals surface area contributed by atoms with Crippen molar-refractivity contribution in [2.24, 2.45) is 0 Å². The molecule has 0 heterocycles. The van der Waals surface area contributed by atoms with E-state index in [1.807, 2.05) is 0 Å². The molecule has 0 aromatic heterocycles. The zero-order chi connectivity index (χ0) is 24.5. The number of nitrogens with one attached hydrogen (secondary N) is 2. The fourth-order valence-corrected chi connectivity index (χ4v) is 3.13. The zero-order valence-electron chi connectivity index (χ0n) is 17.6. The topological polar surface area (TPSA) is 93.7 Å². The van der Waals surface area contributed by atoms with Crippen LogP contribution in [0.4, 0.5) is 15.8 Å². The number of carbonyl (C=O) groups excluding carboxylic acids is 3. The molecule has 0 saturated heterocycles. The molecule has 3 aromatic rings. The van der Waals surface area contributed by atoms with Crippen molar-refractivity contribution >= 4 is 52.4 Å². The average molecular weight is 505 g/mol. The van der Waals surface area contributed by atoms with E-state index in [9.17, 15) is 18.8 Å². The second-order valence-corrected chi connectivity index (χ2v) is 7.81. The van der Waals surface area contributed by atoms with E-state index >= 15 is 0 Å². The Hall–Kier alpha value is -3.62. The summed E-state index contributed by atoms with van der Waals surface area (Å²) in [4.78, 5) is 35.7. The molecule has 34 heavy (non-hydrogen) atoms. The minimum Gasteiger partial charge on any atom is -0.456 e. The van der Waals surface area contributed by atoms with Gasteiger partial charge in [-0.05, 0) is 66.7 Å². The van der Waals surface area contributed by atoms with Gasteiger partial charge in [-0.2, -0.15) is 0 Å². The largest absolute Gasteiger partial charge is 0.456 e. The van der Waals surface area contributed by atoms with Gasteiger partial charge in [-0.1, -0.05) is 23.2 Å². The van der Waals surface area contributed by atoms with E-state index in [0.29, 0.717) is 32.9 Å². The van der Waals surface area contributed by atoms with Gasteiger partial charge in [-0.25, -0.2) is 4.39 Å². The number of halogens is 3. The summed E-state index contributed by atoms with van der Waals surface area (Å²) in [5.41, 5.74) is 0.876. The molecule has 0 bridgehead atoms. The smallest absolute Gasteiger partial charge is 0.306 e. The van der Waals surface area contributed by atoms with Gasteiger partial charge in [0.15, 0.2) is 6.61 Å². The molecule has 3 rings (SSSR count). The van der Waals surface area contributed by atoms with Crippen LogP contribution < -0.4 is 15.4 Å². The minimum absolute atomic E-state index is 0.128. The predicted molar refractivity (Wildman–Crippen MR) is 127 cm³/mol. The van der Waals surface area contributed by atoms with Crippen molar-refractivity contribution in [1.82, 2.24) is 0 Å². The van der Waals surface area contributed by atoms with E-state index in [2.05, 4.69) is 10.6 Å². The Kier molecular flexibility index (Phi) is 8.84. The Morgan fingerprint density at radius 1 is 0.794 bits per heavy atom. The molecule has 0 unspecified atom stereocenters. The van der Waals surface area contributed by atoms with Crippen LogP contribution in [0.15, 0.2) is 66.7 Å². The number of benzene rings is 3. The van der Waals surface area contributed by atoms with Crippen LogP contribution in [0.3, 0.4) is 0 Å². The van der Waals surface area contributed by atoms with Crippen molar-refractivity contribution in [2.75, 3.05) is 17.2 Å². The number of hydrogen-bond acceptors (Lipinski definition) is 5. The molecule has 0 fully saturated rings. The van der Waals surface area contributed by atoms with Crippen LogP contribution in [0, 0.1) is 5.82 Å². The maximum absolute atomic E-state index is 12.9. The molecule has 0 atom stereocenters. The second-order valence-electron chi connectivity index (χ2n) is 6.97. The summed E-state index contributed by atoms with van der Waals surface area (Å²) in [5, 5.41) is 5.97. The molecular weight excluding hydrogens is 486 g/mol. The molecule has 0 saturated carbocycles. The van der Waals surface area contributed by atoms with Crippen LogP contribution in [0.1, 0.15) is 12.8 Å². The van der Waals surface area contributed by atoms with Gasteiger partial charge in [0.25, 0.3) is 5.91 Å². The molecule has 0 spiro atoms. The quantitative estimate of drug-likeness (QED) is 0.357. The molecule has 0 aliphatic carbocycles. The summed E-state index contributed by atoms with van der Waals surface area (Å²) >= 11 is 11.9. The molecule has 0 radical (unpaired) electrons. The van der Waals surface area contributed by atoms with Gasteiger partial charge < -0.3 is 20.1 Å². The minimum atomic E-state index is -0.701. The predicted octanol–water partition coefficient (Wildman–Crippen LogP) is 5.83. The van der Waals surface area contributed by atoms with E-state index in [4.69, 9.17) is 32.7 Å². The van der Waals surface area contributed by atoms with Crippen molar-refractivity contribution in [3.05, 3.63) is 82.6 Å². The number of esters is 1. The van der Waals surface area contributed by atoms with Crippen LogP contribution in [0.2, 0.25) is 10.0 Å². The maximum atomic E-state index is 12.9. The Morgan fingerprint density at radius 2 is 1.41 bits per heavy atom. The SMILES string of the molecule is O=C(CCC(=O)OCC(=O)Nc1ccc(F)cc1)Nc1ccc(Oc2ccc(Cl)cc2Cl)cc1. The highest BCUT2D eigenvalue weighted by Gasteiger charge is 2.11. The molecule has 176 valence electrons. The molecule has 3 aromatic carbocycles. The Bertz CT molecular complexity index is 1170. The highest BCUT2D eigenvalue weighted by atomic mass is 35.5. The highest BCUT2D eigenvalue weighted by Crippen LogP contribution is 2.31. The van der Waals surface area contributed by atoms with Crippen LogP contribution >= 0.6 is 23.2 Å². The Morgan fingerprint density at radius 3 is 2.06 bits per heavy atom. The summed E-state index contributed by atoms with van der Waals surface area (Å²) < 4.78 is 23.4. The Balaban J connectivity index is 1.38. The van der Waals surface area contributed by atoms with Crippen LogP contribution in [0.5, 0.6) is 11.5 Å². The third kappa shape index (κ3) is 8.06. The summed E-state index contributed by atoms with van der Waals surface area (Å²) in [7, 11) is 0. The van der Waals surface area contributed by atoms with Crippen LogP contribution in [-0.2, 0) is 19.1 Å². The van der Waals surface area contributed by atoms with Gasteiger partial charge >= 0.3 is 5.97 Å². The van der Waals surface area contributed by atoms with Crippen molar-refractivity contribution in [3.8, 4) is 11.5 Å². The third-order valence-corrected chi connectivity index (χ3v) is 4.84. The standard InChI is InChI=1S/C24H19Cl2FN2O5/c25-15-1-10-21(20(26)13-15)34-19-8-6-18(7-9-19)28-22(30)11-12-24(32)33-14-23(31)29-17-4-2-16(27)3-5-17/h1-10,13H,11-12,14H2,(H,28,30)(H,29,31). The molecule has 10 heteroatoms. The fourth-order valence-electron chi connectivity index (χ4n) is 2.68. The molecule has 0 aliphatic heterocycles. The first-order chi connectivity index (χ1) is 16.3. The van der Waals surface area contributed by atoms with Gasteiger partial charge in [0, 0.05) is 22.8 Å². The lowest BCUT2D eigenvalue weighted by molar-refractivity contribution is -0.147. The van der Waals surface area contributed by atoms with Gasteiger partial charge in [-0.3, -0.25) is 14.4 Å². The number of carbonyl (C=O) groups is 3.